The lowest BCUT2D eigenvalue weighted by Gasteiger charge is -2.23. The van der Waals surface area contributed by atoms with Crippen LogP contribution in [0.4, 0.5) is 0 Å². The van der Waals surface area contributed by atoms with Gasteiger partial charge in [0.05, 0.1) is 23.2 Å². The number of hydrogen-bond donors (Lipinski definition) is 2. The molecule has 3 nitrogen and oxygen atoms in total. The summed E-state index contributed by atoms with van der Waals surface area (Å²) in [5.41, 5.74) is 13.3. The number of nitrogens with zero attached hydrogens (tertiary/aromatic N) is 1. The standard InChI is InChI=1S/C21H22N2O/c22-18-11-6-10-15-17(14-7-2-1-3-8-14)13-19(23-21(15)18)16-9-4-5-12-20(16)24/h1-3,7-9,11,13,20,24H,4-6,10,12,22H2. The van der Waals surface area contributed by atoms with Crippen molar-refractivity contribution >= 4 is 11.3 Å². The Hall–Kier alpha value is -2.39. The van der Waals surface area contributed by atoms with Crippen molar-refractivity contribution in [3.05, 3.63) is 65.5 Å². The molecule has 4 rings (SSSR count). The molecule has 2 aromatic rings. The largest absolute Gasteiger partial charge is 0.397 e. The van der Waals surface area contributed by atoms with Crippen molar-refractivity contribution in [1.82, 2.24) is 4.98 Å². The number of aliphatic hydroxyl groups is 1. The van der Waals surface area contributed by atoms with Gasteiger partial charge in [-0.05, 0) is 54.9 Å². The van der Waals surface area contributed by atoms with E-state index in [-0.39, 0.29) is 0 Å². The van der Waals surface area contributed by atoms with Crippen LogP contribution >= 0.6 is 0 Å². The number of aliphatic hydroxyl groups excluding tert-OH is 1. The van der Waals surface area contributed by atoms with Gasteiger partial charge in [0.2, 0.25) is 0 Å². The predicted octanol–water partition coefficient (Wildman–Crippen LogP) is 3.92. The van der Waals surface area contributed by atoms with Crippen molar-refractivity contribution in [2.75, 3.05) is 0 Å². The molecule has 122 valence electrons. The first kappa shape index (κ1) is 15.2. The van der Waals surface area contributed by atoms with Gasteiger partial charge in [-0.25, -0.2) is 4.98 Å². The Balaban J connectivity index is 1.93. The van der Waals surface area contributed by atoms with Gasteiger partial charge in [0.15, 0.2) is 0 Å². The third-order valence-electron chi connectivity index (χ3n) is 4.94. The maximum absolute atomic E-state index is 10.4. The Morgan fingerprint density at radius 3 is 2.71 bits per heavy atom. The molecule has 0 saturated carbocycles. The predicted molar refractivity (Wildman–Crippen MR) is 98.0 cm³/mol. The minimum atomic E-state index is -0.429. The smallest absolute Gasteiger partial charge is 0.0901 e. The molecule has 1 heterocycles. The van der Waals surface area contributed by atoms with Gasteiger partial charge in [-0.15, -0.1) is 0 Å². The van der Waals surface area contributed by atoms with Crippen LogP contribution in [0.15, 0.2) is 48.6 Å². The highest BCUT2D eigenvalue weighted by molar-refractivity contribution is 5.80. The first-order valence-electron chi connectivity index (χ1n) is 8.68. The monoisotopic (exact) mass is 318 g/mol. The highest BCUT2D eigenvalue weighted by Gasteiger charge is 2.23. The van der Waals surface area contributed by atoms with E-state index < -0.39 is 6.10 Å². The van der Waals surface area contributed by atoms with Gasteiger partial charge in [-0.2, -0.15) is 0 Å². The molecule has 0 radical (unpaired) electrons. The van der Waals surface area contributed by atoms with E-state index in [1.54, 1.807) is 0 Å². The van der Waals surface area contributed by atoms with Crippen LogP contribution in [-0.2, 0) is 6.42 Å². The van der Waals surface area contributed by atoms with Crippen molar-refractivity contribution in [1.29, 1.82) is 0 Å². The molecule has 1 aromatic heterocycles. The Morgan fingerprint density at radius 2 is 1.92 bits per heavy atom. The van der Waals surface area contributed by atoms with Gasteiger partial charge in [-0.1, -0.05) is 42.5 Å². The van der Waals surface area contributed by atoms with Gasteiger partial charge in [0.25, 0.3) is 0 Å². The Kier molecular flexibility index (Phi) is 3.95. The van der Waals surface area contributed by atoms with E-state index in [0.29, 0.717) is 0 Å². The number of hydrogen-bond acceptors (Lipinski definition) is 3. The van der Waals surface area contributed by atoms with Gasteiger partial charge in [-0.3, -0.25) is 0 Å². The molecule has 0 saturated heterocycles. The van der Waals surface area contributed by atoms with Gasteiger partial charge >= 0.3 is 0 Å². The lowest BCUT2D eigenvalue weighted by atomic mass is 9.87. The number of fused-ring (bicyclic) bond motifs is 1. The van der Waals surface area contributed by atoms with E-state index in [0.717, 1.165) is 54.8 Å². The number of nitrogens with two attached hydrogens (primary N) is 1. The molecule has 0 fully saturated rings. The normalized spacial score (nSPS) is 20.1. The topological polar surface area (TPSA) is 59.1 Å². The second-order valence-electron chi connectivity index (χ2n) is 6.55. The average molecular weight is 318 g/mol. The highest BCUT2D eigenvalue weighted by Crippen LogP contribution is 2.35. The number of pyridine rings is 1. The molecule has 0 aliphatic heterocycles. The minimum Gasteiger partial charge on any atom is -0.397 e. The fourth-order valence-electron chi connectivity index (χ4n) is 3.69. The summed E-state index contributed by atoms with van der Waals surface area (Å²) in [6, 6.07) is 12.5. The quantitative estimate of drug-likeness (QED) is 0.882. The molecule has 0 spiro atoms. The summed E-state index contributed by atoms with van der Waals surface area (Å²) in [5, 5.41) is 10.4. The lowest BCUT2D eigenvalue weighted by molar-refractivity contribution is 0.214. The molecular weight excluding hydrogens is 296 g/mol. The van der Waals surface area contributed by atoms with Crippen molar-refractivity contribution in [3.63, 3.8) is 0 Å². The van der Waals surface area contributed by atoms with E-state index in [9.17, 15) is 5.11 Å². The third kappa shape index (κ3) is 2.65. The SMILES string of the molecule is NC1=CCCc2c(-c3ccccc3)cc(C3=CCCCC3O)nc21. The van der Waals surface area contributed by atoms with Crippen LogP contribution < -0.4 is 5.73 Å². The van der Waals surface area contributed by atoms with E-state index >= 15 is 0 Å². The second kappa shape index (κ2) is 6.25. The Morgan fingerprint density at radius 1 is 1.08 bits per heavy atom. The van der Waals surface area contributed by atoms with Crippen LogP contribution in [0.2, 0.25) is 0 Å². The van der Waals surface area contributed by atoms with Crippen LogP contribution in [0.5, 0.6) is 0 Å². The first-order chi connectivity index (χ1) is 11.7. The molecule has 2 aliphatic carbocycles. The zero-order valence-electron chi connectivity index (χ0n) is 13.7. The molecule has 3 N–H and O–H groups in total. The summed E-state index contributed by atoms with van der Waals surface area (Å²) in [4.78, 5) is 4.83. The van der Waals surface area contributed by atoms with Crippen LogP contribution in [0.1, 0.15) is 42.6 Å². The molecule has 1 aromatic carbocycles. The summed E-state index contributed by atoms with van der Waals surface area (Å²) in [6.45, 7) is 0. The molecular formula is C21H22N2O. The van der Waals surface area contributed by atoms with Gasteiger partial charge in [0, 0.05) is 5.57 Å². The average Bonchev–Trinajstić information content (AvgIpc) is 2.63. The van der Waals surface area contributed by atoms with Crippen molar-refractivity contribution in [2.24, 2.45) is 5.73 Å². The zero-order valence-corrected chi connectivity index (χ0v) is 13.7. The van der Waals surface area contributed by atoms with Gasteiger partial charge < -0.3 is 10.8 Å². The van der Waals surface area contributed by atoms with Crippen molar-refractivity contribution in [2.45, 2.75) is 38.2 Å². The fourth-order valence-corrected chi connectivity index (χ4v) is 3.69. The van der Waals surface area contributed by atoms with Crippen molar-refractivity contribution < 1.29 is 5.11 Å². The van der Waals surface area contributed by atoms with Crippen LogP contribution in [0, 0.1) is 0 Å². The summed E-state index contributed by atoms with van der Waals surface area (Å²) in [7, 11) is 0. The minimum absolute atomic E-state index is 0.429. The maximum atomic E-state index is 10.4. The third-order valence-corrected chi connectivity index (χ3v) is 4.94. The second-order valence-corrected chi connectivity index (χ2v) is 6.55. The van der Waals surface area contributed by atoms with E-state index in [2.05, 4.69) is 42.5 Å². The van der Waals surface area contributed by atoms with Crippen molar-refractivity contribution in [3.8, 4) is 11.1 Å². The molecule has 1 atom stereocenters. The van der Waals surface area contributed by atoms with Crippen LogP contribution in [-0.4, -0.2) is 16.2 Å². The van der Waals surface area contributed by atoms with Crippen LogP contribution in [0.3, 0.4) is 0 Å². The Labute approximate surface area is 142 Å². The number of rotatable bonds is 2. The summed E-state index contributed by atoms with van der Waals surface area (Å²) >= 11 is 0. The molecule has 24 heavy (non-hydrogen) atoms. The molecule has 1 unspecified atom stereocenters. The zero-order chi connectivity index (χ0) is 16.5. The van der Waals surface area contributed by atoms with E-state index in [1.807, 2.05) is 6.07 Å². The molecule has 2 aliphatic rings. The summed E-state index contributed by atoms with van der Waals surface area (Å²) < 4.78 is 0. The lowest BCUT2D eigenvalue weighted by Crippen LogP contribution is -2.17. The maximum Gasteiger partial charge on any atom is 0.0901 e. The molecule has 3 heteroatoms. The first-order valence-corrected chi connectivity index (χ1v) is 8.68. The molecule has 0 bridgehead atoms. The number of allylic oxidation sites excluding steroid dienone is 2. The van der Waals surface area contributed by atoms with E-state index in [4.69, 9.17) is 10.7 Å². The number of benzene rings is 1. The highest BCUT2D eigenvalue weighted by atomic mass is 16.3. The fraction of sp³-hybridized carbons (Fsp3) is 0.286. The molecule has 0 amide bonds. The van der Waals surface area contributed by atoms with Crippen LogP contribution in [0.25, 0.3) is 22.4 Å². The Bertz CT molecular complexity index is 821. The van der Waals surface area contributed by atoms with Gasteiger partial charge in [0.1, 0.15) is 0 Å². The summed E-state index contributed by atoms with van der Waals surface area (Å²) in [6.07, 6.45) is 8.48. The number of aromatic nitrogens is 1. The summed E-state index contributed by atoms with van der Waals surface area (Å²) in [5.74, 6) is 0. The van der Waals surface area contributed by atoms with E-state index in [1.165, 1.54) is 16.7 Å².